The molecule has 1 fully saturated rings. The predicted molar refractivity (Wildman–Crippen MR) is 120 cm³/mol. The van der Waals surface area contributed by atoms with Crippen molar-refractivity contribution in [2.45, 2.75) is 37.5 Å². The summed E-state index contributed by atoms with van der Waals surface area (Å²) in [6, 6.07) is 12.8. The Bertz CT molecular complexity index is 1200. The highest BCUT2D eigenvalue weighted by Crippen LogP contribution is 2.45. The molecule has 0 saturated heterocycles. The molecule has 4 rings (SSSR count). The van der Waals surface area contributed by atoms with Crippen molar-refractivity contribution in [3.8, 4) is 11.4 Å². The van der Waals surface area contributed by atoms with Gasteiger partial charge < -0.3 is 15.6 Å². The van der Waals surface area contributed by atoms with Crippen molar-refractivity contribution in [3.63, 3.8) is 0 Å². The van der Waals surface area contributed by atoms with Gasteiger partial charge in [0.2, 0.25) is 17.6 Å². The number of carbonyl (C=O) groups is 1. The number of nitrogens with two attached hydrogens (primary N) is 1. The number of nitrogens with one attached hydrogen (secondary N) is 2. The second-order valence-electron chi connectivity index (χ2n) is 8.13. The minimum atomic E-state index is -3.78. The highest BCUT2D eigenvalue weighted by molar-refractivity contribution is 7.92. The molecular formula is C22H25N5O4S. The van der Waals surface area contributed by atoms with E-state index in [1.807, 2.05) is 6.92 Å². The number of rotatable bonds is 9. The van der Waals surface area contributed by atoms with Gasteiger partial charge in [0.15, 0.2) is 0 Å². The molecule has 2 aromatic carbocycles. The topological polar surface area (TPSA) is 140 Å². The van der Waals surface area contributed by atoms with Gasteiger partial charge in [0.1, 0.15) is 0 Å². The Hall–Kier alpha value is -3.24. The Kier molecular flexibility index (Phi) is 5.98. The van der Waals surface area contributed by atoms with Gasteiger partial charge in [-0.25, -0.2) is 8.42 Å². The fraction of sp³-hybridized carbons (Fsp3) is 0.318. The molecule has 0 bridgehead atoms. The zero-order valence-corrected chi connectivity index (χ0v) is 18.5. The minimum absolute atomic E-state index is 0.0148. The Balaban J connectivity index is 1.41. The van der Waals surface area contributed by atoms with Crippen LogP contribution < -0.4 is 15.8 Å². The molecule has 0 atom stereocenters. The zero-order chi connectivity index (χ0) is 22.8. The summed E-state index contributed by atoms with van der Waals surface area (Å²) in [5.74, 6) is 0.875. The molecule has 1 heterocycles. The van der Waals surface area contributed by atoms with E-state index in [9.17, 15) is 13.2 Å². The van der Waals surface area contributed by atoms with E-state index >= 15 is 0 Å². The van der Waals surface area contributed by atoms with Gasteiger partial charge in [0.25, 0.3) is 10.0 Å². The molecule has 32 heavy (non-hydrogen) atoms. The van der Waals surface area contributed by atoms with Gasteiger partial charge in [0.05, 0.1) is 4.90 Å². The van der Waals surface area contributed by atoms with Crippen LogP contribution in [0.3, 0.4) is 0 Å². The molecule has 4 N–H and O–H groups in total. The molecule has 168 valence electrons. The van der Waals surface area contributed by atoms with E-state index < -0.39 is 10.0 Å². The van der Waals surface area contributed by atoms with E-state index in [0.717, 1.165) is 19.3 Å². The van der Waals surface area contributed by atoms with Gasteiger partial charge >= 0.3 is 0 Å². The summed E-state index contributed by atoms with van der Waals surface area (Å²) in [6.45, 7) is 2.46. The normalized spacial score (nSPS) is 14.7. The Labute approximate surface area is 186 Å². The molecule has 1 aliphatic rings. The van der Waals surface area contributed by atoms with Crippen LogP contribution in [0.4, 0.5) is 11.4 Å². The van der Waals surface area contributed by atoms with Gasteiger partial charge in [-0.2, -0.15) is 4.98 Å². The van der Waals surface area contributed by atoms with Crippen LogP contribution in [0.5, 0.6) is 0 Å². The summed E-state index contributed by atoms with van der Waals surface area (Å²) in [6.07, 6.45) is 3.12. The van der Waals surface area contributed by atoms with Crippen molar-refractivity contribution < 1.29 is 17.7 Å². The third kappa shape index (κ3) is 4.97. The summed E-state index contributed by atoms with van der Waals surface area (Å²) >= 11 is 0. The summed E-state index contributed by atoms with van der Waals surface area (Å²) in [5.41, 5.74) is 6.88. The number of amides is 1. The molecule has 0 spiro atoms. The van der Waals surface area contributed by atoms with Gasteiger partial charge in [-0.3, -0.25) is 9.52 Å². The fourth-order valence-corrected chi connectivity index (χ4v) is 4.10. The number of benzene rings is 2. The zero-order valence-electron chi connectivity index (χ0n) is 17.7. The molecule has 10 heteroatoms. The third-order valence-electron chi connectivity index (χ3n) is 5.43. The van der Waals surface area contributed by atoms with Crippen LogP contribution in [-0.2, 0) is 21.2 Å². The average Bonchev–Trinajstić information content (AvgIpc) is 3.36. The number of hydrogen-bond donors (Lipinski definition) is 3. The van der Waals surface area contributed by atoms with E-state index in [-0.39, 0.29) is 16.2 Å². The van der Waals surface area contributed by atoms with Crippen LogP contribution in [0.15, 0.2) is 57.9 Å². The number of aryl methyl sites for hydroxylation is 1. The first kappa shape index (κ1) is 22.0. The predicted octanol–water partition coefficient (Wildman–Crippen LogP) is 3.17. The van der Waals surface area contributed by atoms with Crippen molar-refractivity contribution >= 4 is 27.3 Å². The summed E-state index contributed by atoms with van der Waals surface area (Å²) in [4.78, 5) is 16.5. The number of anilines is 2. The van der Waals surface area contributed by atoms with Gasteiger partial charge in [-0.1, -0.05) is 12.1 Å². The van der Waals surface area contributed by atoms with Crippen molar-refractivity contribution in [3.05, 3.63) is 54.4 Å². The van der Waals surface area contributed by atoms with E-state index in [2.05, 4.69) is 20.2 Å². The van der Waals surface area contributed by atoms with Gasteiger partial charge in [-0.05, 0) is 74.3 Å². The lowest BCUT2D eigenvalue weighted by Crippen LogP contribution is -2.21. The number of hydrogen-bond acceptors (Lipinski definition) is 7. The molecule has 1 amide bonds. The molecule has 9 nitrogen and oxygen atoms in total. The smallest absolute Gasteiger partial charge is 0.261 e. The van der Waals surface area contributed by atoms with E-state index in [0.29, 0.717) is 41.6 Å². The molecule has 1 saturated carbocycles. The number of carbonyl (C=O) groups excluding carboxylic acids is 1. The number of nitrogens with zero attached hydrogens (tertiary/aromatic N) is 2. The Morgan fingerprint density at radius 2 is 1.75 bits per heavy atom. The second kappa shape index (κ2) is 8.71. The third-order valence-corrected chi connectivity index (χ3v) is 6.83. The van der Waals surface area contributed by atoms with E-state index in [1.165, 1.54) is 12.1 Å². The van der Waals surface area contributed by atoms with Crippen molar-refractivity contribution in [1.82, 2.24) is 10.1 Å². The molecule has 1 aliphatic carbocycles. The lowest BCUT2D eigenvalue weighted by Gasteiger charge is -2.12. The first-order valence-corrected chi connectivity index (χ1v) is 11.8. The van der Waals surface area contributed by atoms with Gasteiger partial charge in [0, 0.05) is 28.8 Å². The maximum Gasteiger partial charge on any atom is 0.261 e. The quantitative estimate of drug-likeness (QED) is 0.450. The number of sulfonamides is 1. The van der Waals surface area contributed by atoms with Crippen LogP contribution in [-0.4, -0.2) is 31.0 Å². The maximum atomic E-state index is 12.7. The van der Waals surface area contributed by atoms with E-state index in [4.69, 9.17) is 10.3 Å². The lowest BCUT2D eigenvalue weighted by atomic mass is 10.1. The minimum Gasteiger partial charge on any atom is -0.339 e. The summed E-state index contributed by atoms with van der Waals surface area (Å²) in [7, 11) is -3.78. The van der Waals surface area contributed by atoms with Crippen LogP contribution in [0.2, 0.25) is 0 Å². The van der Waals surface area contributed by atoms with Crippen LogP contribution in [0, 0.1) is 5.41 Å². The molecule has 0 radical (unpaired) electrons. The van der Waals surface area contributed by atoms with Crippen molar-refractivity contribution in [2.75, 3.05) is 16.6 Å². The highest BCUT2D eigenvalue weighted by Gasteiger charge is 2.44. The summed E-state index contributed by atoms with van der Waals surface area (Å²) < 4.78 is 33.2. The van der Waals surface area contributed by atoms with E-state index in [1.54, 1.807) is 36.4 Å². The van der Waals surface area contributed by atoms with Crippen molar-refractivity contribution in [2.24, 2.45) is 11.1 Å². The van der Waals surface area contributed by atoms with Crippen LogP contribution >= 0.6 is 0 Å². The first-order valence-electron chi connectivity index (χ1n) is 10.4. The van der Waals surface area contributed by atoms with Crippen LogP contribution in [0.1, 0.15) is 32.1 Å². The molecular weight excluding hydrogens is 430 g/mol. The monoisotopic (exact) mass is 455 g/mol. The average molecular weight is 456 g/mol. The van der Waals surface area contributed by atoms with Gasteiger partial charge in [-0.15, -0.1) is 0 Å². The molecule has 3 aromatic rings. The molecule has 1 aromatic heterocycles. The van der Waals surface area contributed by atoms with Crippen LogP contribution in [0.25, 0.3) is 11.4 Å². The number of aromatic nitrogens is 2. The van der Waals surface area contributed by atoms with Crippen molar-refractivity contribution in [1.29, 1.82) is 0 Å². The fourth-order valence-electron chi connectivity index (χ4n) is 3.04. The summed E-state index contributed by atoms with van der Waals surface area (Å²) in [5, 5.41) is 6.78. The maximum absolute atomic E-state index is 12.7. The molecule has 0 aliphatic heterocycles. The second-order valence-corrected chi connectivity index (χ2v) is 9.81. The highest BCUT2D eigenvalue weighted by atomic mass is 32.2. The Morgan fingerprint density at radius 3 is 2.38 bits per heavy atom. The SMILES string of the molecule is CC1(C(=O)Nc2ccc(NS(=O)(=O)c3ccc(-c4noc(CCCN)n4)cc3)cc2)CC1. The standard InChI is InChI=1S/C22H25N5O4S/c1-22(12-13-22)21(28)24-16-6-8-17(9-7-16)27-32(29,30)18-10-4-15(5-11-18)20-25-19(31-26-20)3-2-14-23/h4-11,27H,2-3,12-14,23H2,1H3,(H,24,28). The first-order chi connectivity index (χ1) is 15.3. The Morgan fingerprint density at radius 1 is 1.09 bits per heavy atom. The molecule has 0 unspecified atom stereocenters. The largest absolute Gasteiger partial charge is 0.339 e. The lowest BCUT2D eigenvalue weighted by molar-refractivity contribution is -0.120.